The van der Waals surface area contributed by atoms with Gasteiger partial charge in [-0.2, -0.15) is 0 Å². The molecule has 0 amide bonds. The molecule has 0 fully saturated rings. The number of hydrogen-bond donors (Lipinski definition) is 0. The third-order valence-electron chi connectivity index (χ3n) is 8.01. The maximum absolute atomic E-state index is 13.9. The molecule has 34 heavy (non-hydrogen) atoms. The minimum Gasteiger partial charge on any atom is -0.390 e. The van der Waals surface area contributed by atoms with Gasteiger partial charge in [0.25, 0.3) is 0 Å². The van der Waals surface area contributed by atoms with E-state index < -0.39 is 0 Å². The van der Waals surface area contributed by atoms with Crippen LogP contribution in [0.5, 0.6) is 0 Å². The summed E-state index contributed by atoms with van der Waals surface area (Å²) in [5, 5.41) is 4.46. The number of nitrogens with zero attached hydrogens (tertiary/aromatic N) is 1. The van der Waals surface area contributed by atoms with E-state index in [0.29, 0.717) is 12.3 Å². The van der Waals surface area contributed by atoms with Crippen LogP contribution in [-0.2, 0) is 11.4 Å². The predicted octanol–water partition coefficient (Wildman–Crippen LogP) is 7.57. The van der Waals surface area contributed by atoms with E-state index in [2.05, 4.69) is 60.5 Å². The first-order valence-corrected chi connectivity index (χ1v) is 11.9. The highest BCUT2D eigenvalue weighted by Gasteiger charge is 2.24. The molecule has 0 saturated heterocycles. The second kappa shape index (κ2) is 9.97. The maximum Gasteiger partial charge on any atom is 0.215 e. The van der Waals surface area contributed by atoms with Crippen molar-refractivity contribution in [3.05, 3.63) is 103 Å². The molecule has 0 heterocycles. The van der Waals surface area contributed by atoms with Crippen molar-refractivity contribution in [2.45, 2.75) is 75.8 Å². The zero-order valence-corrected chi connectivity index (χ0v) is 22.4. The van der Waals surface area contributed by atoms with Crippen molar-refractivity contribution in [2.24, 2.45) is 5.16 Å². The molecule has 0 aliphatic rings. The molecule has 3 aromatic rings. The van der Waals surface area contributed by atoms with Gasteiger partial charge in [0.1, 0.15) is 6.61 Å². The monoisotopic (exact) mass is 455 g/mol. The van der Waals surface area contributed by atoms with Crippen LogP contribution in [0.2, 0.25) is 0 Å². The Balaban J connectivity index is 2.08. The Bertz CT molecular complexity index is 1240. The van der Waals surface area contributed by atoms with Crippen LogP contribution in [0.4, 0.5) is 0 Å². The van der Waals surface area contributed by atoms with Crippen LogP contribution >= 0.6 is 0 Å². The predicted molar refractivity (Wildman–Crippen MR) is 142 cm³/mol. The van der Waals surface area contributed by atoms with E-state index in [1.165, 1.54) is 33.4 Å². The van der Waals surface area contributed by atoms with Crippen molar-refractivity contribution in [2.75, 3.05) is 0 Å². The minimum absolute atomic E-state index is 0.0999. The van der Waals surface area contributed by atoms with Gasteiger partial charge < -0.3 is 4.84 Å². The standard InChI is InChI=1S/C31H37NO2/c1-17-19(3)23(7)28(24(8)20(17)4)16-34-32-30(27-14-12-11-13-15-27)31(33)29-25(9)21(5)18(2)22(6)26(29)10/h11-15H,16H2,1-10H3/b32-30+. The third kappa shape index (κ3) is 4.44. The summed E-state index contributed by atoms with van der Waals surface area (Å²) >= 11 is 0. The van der Waals surface area contributed by atoms with Crippen LogP contribution in [0, 0.1) is 69.2 Å². The molecule has 0 aliphatic heterocycles. The average molecular weight is 456 g/mol. The van der Waals surface area contributed by atoms with Crippen molar-refractivity contribution in [1.82, 2.24) is 0 Å². The summed E-state index contributed by atoms with van der Waals surface area (Å²) in [6.07, 6.45) is 0. The van der Waals surface area contributed by atoms with Crippen molar-refractivity contribution < 1.29 is 9.63 Å². The number of oxime groups is 1. The first kappa shape index (κ1) is 25.4. The Morgan fingerprint density at radius 2 is 1.03 bits per heavy atom. The van der Waals surface area contributed by atoms with Crippen LogP contribution < -0.4 is 0 Å². The van der Waals surface area contributed by atoms with Gasteiger partial charge in [0.15, 0.2) is 5.71 Å². The first-order valence-electron chi connectivity index (χ1n) is 11.9. The Morgan fingerprint density at radius 3 is 1.50 bits per heavy atom. The Kier molecular flexibility index (Phi) is 7.45. The molecule has 0 unspecified atom stereocenters. The number of rotatable bonds is 6. The summed E-state index contributed by atoms with van der Waals surface area (Å²) in [5.41, 5.74) is 14.8. The SMILES string of the molecule is Cc1c(C)c(C)c(CO/N=C(/C(=O)c2c(C)c(C)c(C)c(C)c2C)c2ccccc2)c(C)c1C. The number of carbonyl (C=O) groups is 1. The van der Waals surface area contributed by atoms with Gasteiger partial charge in [0.2, 0.25) is 5.78 Å². The van der Waals surface area contributed by atoms with Gasteiger partial charge in [-0.25, -0.2) is 0 Å². The minimum atomic E-state index is -0.0999. The fraction of sp³-hybridized carbons (Fsp3) is 0.355. The van der Waals surface area contributed by atoms with Crippen LogP contribution in [0.15, 0.2) is 35.5 Å². The van der Waals surface area contributed by atoms with Crippen LogP contribution in [0.25, 0.3) is 0 Å². The highest BCUT2D eigenvalue weighted by molar-refractivity contribution is 6.51. The molecule has 0 aromatic heterocycles. The van der Waals surface area contributed by atoms with Gasteiger partial charge in [-0.05, 0) is 130 Å². The molecular formula is C31H37NO2. The van der Waals surface area contributed by atoms with Gasteiger partial charge >= 0.3 is 0 Å². The lowest BCUT2D eigenvalue weighted by atomic mass is 9.86. The molecule has 3 rings (SSSR count). The summed E-state index contributed by atoms with van der Waals surface area (Å²) in [6, 6.07) is 9.60. The van der Waals surface area contributed by atoms with Crippen LogP contribution in [-0.4, -0.2) is 11.5 Å². The summed E-state index contributed by atoms with van der Waals surface area (Å²) < 4.78 is 0. The summed E-state index contributed by atoms with van der Waals surface area (Å²) in [5.74, 6) is -0.0999. The van der Waals surface area contributed by atoms with Crippen molar-refractivity contribution in [3.63, 3.8) is 0 Å². The Labute approximate surface area is 204 Å². The van der Waals surface area contributed by atoms with Gasteiger partial charge in [-0.3, -0.25) is 4.79 Å². The van der Waals surface area contributed by atoms with Crippen LogP contribution in [0.1, 0.15) is 77.1 Å². The van der Waals surface area contributed by atoms with E-state index in [9.17, 15) is 4.79 Å². The second-order valence-corrected chi connectivity index (χ2v) is 9.51. The third-order valence-corrected chi connectivity index (χ3v) is 8.01. The lowest BCUT2D eigenvalue weighted by Gasteiger charge is -2.19. The molecule has 0 spiro atoms. The topological polar surface area (TPSA) is 38.7 Å². The molecule has 3 aromatic carbocycles. The van der Waals surface area contributed by atoms with Gasteiger partial charge in [-0.15, -0.1) is 0 Å². The van der Waals surface area contributed by atoms with E-state index in [-0.39, 0.29) is 5.78 Å². The Hall–Kier alpha value is -3.20. The first-order chi connectivity index (χ1) is 16.0. The van der Waals surface area contributed by atoms with Crippen molar-refractivity contribution in [3.8, 4) is 0 Å². The smallest absolute Gasteiger partial charge is 0.215 e. The zero-order chi connectivity index (χ0) is 25.3. The number of hydrogen-bond acceptors (Lipinski definition) is 3. The van der Waals surface area contributed by atoms with Crippen molar-refractivity contribution in [1.29, 1.82) is 0 Å². The van der Waals surface area contributed by atoms with E-state index in [4.69, 9.17) is 4.84 Å². The molecular weight excluding hydrogens is 418 g/mol. The molecule has 0 aliphatic carbocycles. The fourth-order valence-electron chi connectivity index (χ4n) is 4.74. The molecule has 0 radical (unpaired) electrons. The number of Topliss-reactive ketones (excluding diaryl/α,β-unsaturated/α-hetero) is 1. The molecule has 0 saturated carbocycles. The second-order valence-electron chi connectivity index (χ2n) is 9.51. The average Bonchev–Trinajstić information content (AvgIpc) is 2.84. The van der Waals surface area contributed by atoms with Gasteiger partial charge in [-0.1, -0.05) is 35.5 Å². The lowest BCUT2D eigenvalue weighted by Crippen LogP contribution is -2.20. The quantitative estimate of drug-likeness (QED) is 0.218. The summed E-state index contributed by atoms with van der Waals surface area (Å²) in [7, 11) is 0. The number of benzene rings is 3. The van der Waals surface area contributed by atoms with E-state index >= 15 is 0 Å². The van der Waals surface area contributed by atoms with E-state index in [1.807, 2.05) is 44.2 Å². The van der Waals surface area contributed by atoms with E-state index in [0.717, 1.165) is 38.9 Å². The van der Waals surface area contributed by atoms with Crippen molar-refractivity contribution >= 4 is 11.5 Å². The summed E-state index contributed by atoms with van der Waals surface area (Å²) in [4.78, 5) is 19.8. The van der Waals surface area contributed by atoms with Crippen LogP contribution in [0.3, 0.4) is 0 Å². The molecule has 0 N–H and O–H groups in total. The van der Waals surface area contributed by atoms with Gasteiger partial charge in [0, 0.05) is 11.1 Å². The lowest BCUT2D eigenvalue weighted by molar-refractivity contribution is 0.103. The molecule has 0 bridgehead atoms. The van der Waals surface area contributed by atoms with E-state index in [1.54, 1.807) is 0 Å². The zero-order valence-electron chi connectivity index (χ0n) is 22.4. The largest absolute Gasteiger partial charge is 0.390 e. The Morgan fingerprint density at radius 1 is 0.618 bits per heavy atom. The molecule has 0 atom stereocenters. The molecule has 3 heteroatoms. The highest BCUT2D eigenvalue weighted by Crippen LogP contribution is 2.29. The number of ketones is 1. The number of carbonyl (C=O) groups excluding carboxylic acids is 1. The normalized spacial score (nSPS) is 11.6. The highest BCUT2D eigenvalue weighted by atomic mass is 16.6. The fourth-order valence-corrected chi connectivity index (χ4v) is 4.74. The molecule has 3 nitrogen and oxygen atoms in total. The summed E-state index contributed by atoms with van der Waals surface area (Å²) in [6.45, 7) is 21.4. The molecule has 178 valence electrons. The van der Waals surface area contributed by atoms with Gasteiger partial charge in [0.05, 0.1) is 0 Å². The maximum atomic E-state index is 13.9.